The molecule has 0 N–H and O–H groups in total. The van der Waals surface area contributed by atoms with Gasteiger partial charge < -0.3 is 0 Å². The van der Waals surface area contributed by atoms with Crippen LogP contribution in [0.25, 0.3) is 11.6 Å². The van der Waals surface area contributed by atoms with Gasteiger partial charge in [0.05, 0.1) is 0 Å². The quantitative estimate of drug-likeness (QED) is 0.597. The van der Waals surface area contributed by atoms with Gasteiger partial charge in [0.15, 0.2) is 0 Å². The van der Waals surface area contributed by atoms with Gasteiger partial charge in [-0.25, -0.2) is 0 Å². The molecule has 2 rings (SSSR count). The predicted molar refractivity (Wildman–Crippen MR) is 66.9 cm³/mol. The first-order valence-electron chi connectivity index (χ1n) is 5.18. The molecule has 1 aliphatic rings. The molecule has 0 radical (unpaired) electrons. The summed E-state index contributed by atoms with van der Waals surface area (Å²) in [5.41, 5.74) is 6.23. The van der Waals surface area contributed by atoms with Gasteiger partial charge in [0.25, 0.3) is 0 Å². The molecule has 76 valence electrons. The Morgan fingerprint density at radius 3 is 2.47 bits per heavy atom. The molecule has 1 heterocycles. The summed E-state index contributed by atoms with van der Waals surface area (Å²) >= 11 is 0. The zero-order valence-electron chi connectivity index (χ0n) is 9.41. The van der Waals surface area contributed by atoms with Crippen LogP contribution < -0.4 is 0 Å². The maximum atomic E-state index is 4.39. The van der Waals surface area contributed by atoms with Crippen LogP contribution in [0.4, 0.5) is 0 Å². The minimum Gasteiger partial charge on any atom is -0.261 e. The van der Waals surface area contributed by atoms with Crippen LogP contribution in [0, 0.1) is 0 Å². The van der Waals surface area contributed by atoms with Gasteiger partial charge in [0.1, 0.15) is 0 Å². The van der Waals surface area contributed by atoms with E-state index in [0.717, 1.165) is 5.71 Å². The first-order chi connectivity index (χ1) is 7.20. The Hall–Kier alpha value is -1.63. The number of benzene rings is 1. The average Bonchev–Trinajstić information content (AvgIpc) is 2.26. The van der Waals surface area contributed by atoms with E-state index in [1.165, 1.54) is 22.3 Å². The number of hydrogen-bond donors (Lipinski definition) is 0. The third kappa shape index (κ3) is 1.78. The summed E-state index contributed by atoms with van der Waals surface area (Å²) < 4.78 is 0. The number of rotatable bonds is 0. The number of hydrogen-bond acceptors (Lipinski definition) is 1. The molecule has 1 aliphatic heterocycles. The zero-order chi connectivity index (χ0) is 10.8. The summed E-state index contributed by atoms with van der Waals surface area (Å²) in [6, 6.07) is 8.43. The van der Waals surface area contributed by atoms with E-state index >= 15 is 0 Å². The first kappa shape index (κ1) is 9.91. The molecule has 1 aromatic carbocycles. The highest BCUT2D eigenvalue weighted by Crippen LogP contribution is 2.25. The number of nitrogens with zero attached hydrogens (tertiary/aromatic N) is 1. The van der Waals surface area contributed by atoms with E-state index in [-0.39, 0.29) is 0 Å². The molecular formula is C14H15N. The second-order valence-electron chi connectivity index (χ2n) is 3.87. The van der Waals surface area contributed by atoms with Gasteiger partial charge >= 0.3 is 0 Å². The minimum atomic E-state index is 1.10. The Balaban J connectivity index is 2.69. The Bertz CT molecular complexity index is 476. The van der Waals surface area contributed by atoms with E-state index in [9.17, 15) is 0 Å². The number of fused-ring (bicyclic) bond motifs is 1. The van der Waals surface area contributed by atoms with Crippen molar-refractivity contribution in [1.29, 1.82) is 0 Å². The smallest absolute Gasteiger partial charge is 0.0404 e. The van der Waals surface area contributed by atoms with Crippen LogP contribution in [0.15, 0.2) is 41.0 Å². The normalized spacial score (nSPS) is 17.7. The van der Waals surface area contributed by atoms with Crippen LogP contribution in [0.3, 0.4) is 0 Å². The van der Waals surface area contributed by atoms with E-state index < -0.39 is 0 Å². The molecule has 0 amide bonds. The first-order valence-corrected chi connectivity index (χ1v) is 5.18. The average molecular weight is 197 g/mol. The number of aliphatic imine (C=N–C) groups is 1. The fraction of sp³-hybridized carbons (Fsp3) is 0.214. The Morgan fingerprint density at radius 1 is 0.933 bits per heavy atom. The molecule has 0 aliphatic carbocycles. The van der Waals surface area contributed by atoms with Gasteiger partial charge in [0.2, 0.25) is 0 Å². The van der Waals surface area contributed by atoms with Crippen LogP contribution in [0.5, 0.6) is 0 Å². The molecule has 0 atom stereocenters. The molecular weight excluding hydrogens is 182 g/mol. The molecule has 0 unspecified atom stereocenters. The van der Waals surface area contributed by atoms with E-state index in [1.807, 2.05) is 6.20 Å². The van der Waals surface area contributed by atoms with Gasteiger partial charge in [-0.1, -0.05) is 24.3 Å². The van der Waals surface area contributed by atoms with Crippen molar-refractivity contribution >= 4 is 17.4 Å². The third-order valence-electron chi connectivity index (χ3n) is 2.99. The molecule has 15 heavy (non-hydrogen) atoms. The summed E-state index contributed by atoms with van der Waals surface area (Å²) in [6.07, 6.45) is 3.94. The Labute approximate surface area is 90.9 Å². The molecule has 0 fully saturated rings. The summed E-state index contributed by atoms with van der Waals surface area (Å²) in [5.74, 6) is 0. The molecule has 0 spiro atoms. The number of allylic oxidation sites excluding steroid dienone is 2. The van der Waals surface area contributed by atoms with Crippen molar-refractivity contribution in [2.45, 2.75) is 20.8 Å². The second kappa shape index (κ2) is 3.85. The molecule has 0 bridgehead atoms. The summed E-state index contributed by atoms with van der Waals surface area (Å²) in [4.78, 5) is 4.39. The highest BCUT2D eigenvalue weighted by Gasteiger charge is 2.07. The molecule has 0 saturated carbocycles. The summed E-state index contributed by atoms with van der Waals surface area (Å²) in [6.45, 7) is 6.34. The van der Waals surface area contributed by atoms with E-state index in [2.05, 4.69) is 56.1 Å². The Kier molecular flexibility index (Phi) is 2.55. The van der Waals surface area contributed by atoms with Crippen LogP contribution >= 0.6 is 0 Å². The van der Waals surface area contributed by atoms with Gasteiger partial charge in [-0.15, -0.1) is 0 Å². The molecule has 1 aromatic rings. The van der Waals surface area contributed by atoms with Crippen molar-refractivity contribution in [3.8, 4) is 0 Å². The van der Waals surface area contributed by atoms with Crippen molar-refractivity contribution in [3.63, 3.8) is 0 Å². The van der Waals surface area contributed by atoms with Crippen molar-refractivity contribution in [1.82, 2.24) is 0 Å². The van der Waals surface area contributed by atoms with Crippen LogP contribution in [0.2, 0.25) is 0 Å². The van der Waals surface area contributed by atoms with Gasteiger partial charge in [-0.2, -0.15) is 0 Å². The largest absolute Gasteiger partial charge is 0.261 e. The predicted octanol–water partition coefficient (Wildman–Crippen LogP) is 3.93. The van der Waals surface area contributed by atoms with Crippen molar-refractivity contribution in [3.05, 3.63) is 47.2 Å². The highest BCUT2D eigenvalue weighted by molar-refractivity contribution is 6.05. The van der Waals surface area contributed by atoms with Crippen LogP contribution in [-0.2, 0) is 0 Å². The monoisotopic (exact) mass is 197 g/mol. The fourth-order valence-electron chi connectivity index (χ4n) is 1.78. The second-order valence-corrected chi connectivity index (χ2v) is 3.87. The van der Waals surface area contributed by atoms with E-state index in [0.29, 0.717) is 0 Å². The summed E-state index contributed by atoms with van der Waals surface area (Å²) in [5, 5.41) is 0. The maximum Gasteiger partial charge on any atom is 0.0404 e. The van der Waals surface area contributed by atoms with Crippen LogP contribution in [0.1, 0.15) is 31.9 Å². The van der Waals surface area contributed by atoms with E-state index in [4.69, 9.17) is 0 Å². The van der Waals surface area contributed by atoms with Gasteiger partial charge in [0, 0.05) is 11.9 Å². The van der Waals surface area contributed by atoms with Gasteiger partial charge in [-0.3, -0.25) is 4.99 Å². The lowest BCUT2D eigenvalue weighted by molar-refractivity contribution is 1.41. The van der Waals surface area contributed by atoms with Crippen molar-refractivity contribution in [2.24, 2.45) is 4.99 Å². The highest BCUT2D eigenvalue weighted by atomic mass is 14.7. The van der Waals surface area contributed by atoms with Gasteiger partial charge in [-0.05, 0) is 49.1 Å². The molecule has 1 nitrogen and oxygen atoms in total. The van der Waals surface area contributed by atoms with E-state index in [1.54, 1.807) is 0 Å². The minimum absolute atomic E-state index is 1.10. The van der Waals surface area contributed by atoms with Crippen LogP contribution in [-0.4, -0.2) is 5.71 Å². The third-order valence-corrected chi connectivity index (χ3v) is 2.99. The SMILES string of the molecule is CC1=N/C=C\c2ccccc2C(C)=C1C. The molecule has 0 aromatic heterocycles. The lowest BCUT2D eigenvalue weighted by Gasteiger charge is -2.12. The standard InChI is InChI=1S/C14H15N/c1-10-11(2)14-7-5-4-6-13(14)8-9-15-12(10)3/h4-9H,1-3H3/b9-8-,11-10?,12-10?,13-8?,14-11?,15-9?,15-12?. The lowest BCUT2D eigenvalue weighted by Crippen LogP contribution is -1.99. The fourth-order valence-corrected chi connectivity index (χ4v) is 1.78. The Morgan fingerprint density at radius 2 is 1.67 bits per heavy atom. The molecule has 1 heteroatoms. The van der Waals surface area contributed by atoms with Crippen molar-refractivity contribution < 1.29 is 0 Å². The topological polar surface area (TPSA) is 12.4 Å². The van der Waals surface area contributed by atoms with Crippen molar-refractivity contribution in [2.75, 3.05) is 0 Å². The maximum absolute atomic E-state index is 4.39. The molecule has 0 saturated heterocycles. The zero-order valence-corrected chi connectivity index (χ0v) is 9.41. The summed E-state index contributed by atoms with van der Waals surface area (Å²) in [7, 11) is 0. The lowest BCUT2D eigenvalue weighted by atomic mass is 9.95.